The van der Waals surface area contributed by atoms with Gasteiger partial charge >= 0.3 is 0 Å². The zero-order valence-corrected chi connectivity index (χ0v) is 11.4. The molecule has 0 spiro atoms. The third-order valence-corrected chi connectivity index (χ3v) is 3.41. The van der Waals surface area contributed by atoms with Crippen LogP contribution in [0.3, 0.4) is 0 Å². The van der Waals surface area contributed by atoms with Gasteiger partial charge in [-0.15, -0.1) is 0 Å². The van der Waals surface area contributed by atoms with Gasteiger partial charge in [0.15, 0.2) is 0 Å². The van der Waals surface area contributed by atoms with Crippen LogP contribution in [0.1, 0.15) is 5.56 Å². The second-order valence-corrected chi connectivity index (χ2v) is 5.19. The van der Waals surface area contributed by atoms with Crippen LogP contribution in [0, 0.1) is 6.92 Å². The van der Waals surface area contributed by atoms with E-state index in [-0.39, 0.29) is 5.56 Å². The van der Waals surface area contributed by atoms with Crippen molar-refractivity contribution < 1.29 is 0 Å². The number of aryl methyl sites for hydroxylation is 1. The molecule has 1 aromatic heterocycles. The smallest absolute Gasteiger partial charge is 0.267 e. The van der Waals surface area contributed by atoms with Gasteiger partial charge < -0.3 is 0 Å². The first kappa shape index (κ1) is 11.3. The summed E-state index contributed by atoms with van der Waals surface area (Å²) in [6.07, 6.45) is 0. The first-order chi connectivity index (χ1) is 8.65. The van der Waals surface area contributed by atoms with Gasteiger partial charge in [0.25, 0.3) is 5.56 Å². The lowest BCUT2D eigenvalue weighted by Gasteiger charge is -2.05. The molecule has 0 fully saturated rings. The van der Waals surface area contributed by atoms with Gasteiger partial charge in [-0.1, -0.05) is 28.1 Å². The van der Waals surface area contributed by atoms with Gasteiger partial charge in [0.2, 0.25) is 0 Å². The highest BCUT2D eigenvalue weighted by molar-refractivity contribution is 9.10. The topological polar surface area (TPSA) is 37.8 Å². The van der Waals surface area contributed by atoms with E-state index >= 15 is 0 Å². The SMILES string of the molecule is Cc1cccc(-n2[nH]c(=O)c3cc(Br)ccc32)c1. The van der Waals surface area contributed by atoms with Crippen molar-refractivity contribution in [1.29, 1.82) is 0 Å². The number of hydrogen-bond donors (Lipinski definition) is 1. The minimum absolute atomic E-state index is 0.0761. The predicted molar refractivity (Wildman–Crippen MR) is 76.3 cm³/mol. The molecule has 0 saturated carbocycles. The van der Waals surface area contributed by atoms with Crippen molar-refractivity contribution in [3.8, 4) is 5.69 Å². The lowest BCUT2D eigenvalue weighted by molar-refractivity contribution is 0.890. The van der Waals surface area contributed by atoms with Gasteiger partial charge in [-0.05, 0) is 42.8 Å². The fraction of sp³-hybridized carbons (Fsp3) is 0.0714. The van der Waals surface area contributed by atoms with Crippen molar-refractivity contribution in [1.82, 2.24) is 9.78 Å². The minimum Gasteiger partial charge on any atom is -0.267 e. The van der Waals surface area contributed by atoms with Crippen molar-refractivity contribution in [2.24, 2.45) is 0 Å². The molecule has 4 heteroatoms. The Morgan fingerprint density at radius 1 is 1.17 bits per heavy atom. The van der Waals surface area contributed by atoms with Crippen molar-refractivity contribution in [3.05, 3.63) is 62.9 Å². The van der Waals surface area contributed by atoms with Crippen LogP contribution >= 0.6 is 15.9 Å². The summed E-state index contributed by atoms with van der Waals surface area (Å²) in [6.45, 7) is 2.03. The Hall–Kier alpha value is -1.81. The molecular formula is C14H11BrN2O. The van der Waals surface area contributed by atoms with E-state index in [2.05, 4.69) is 21.0 Å². The van der Waals surface area contributed by atoms with Crippen LogP contribution in [0.5, 0.6) is 0 Å². The average molecular weight is 303 g/mol. The Labute approximate surface area is 112 Å². The van der Waals surface area contributed by atoms with E-state index < -0.39 is 0 Å². The van der Waals surface area contributed by atoms with E-state index in [0.29, 0.717) is 5.39 Å². The summed E-state index contributed by atoms with van der Waals surface area (Å²) in [5.41, 5.74) is 2.93. The molecule has 0 bridgehead atoms. The highest BCUT2D eigenvalue weighted by Gasteiger charge is 2.08. The normalized spacial score (nSPS) is 11.0. The van der Waals surface area contributed by atoms with Gasteiger partial charge in [0.1, 0.15) is 0 Å². The predicted octanol–water partition coefficient (Wildman–Crippen LogP) is 3.39. The van der Waals surface area contributed by atoms with E-state index in [1.165, 1.54) is 0 Å². The number of H-pyrrole nitrogens is 1. The molecule has 0 atom stereocenters. The third-order valence-electron chi connectivity index (χ3n) is 2.92. The molecule has 0 aliphatic heterocycles. The van der Waals surface area contributed by atoms with Gasteiger partial charge in [-0.25, -0.2) is 0 Å². The number of rotatable bonds is 1. The van der Waals surface area contributed by atoms with E-state index in [9.17, 15) is 4.79 Å². The highest BCUT2D eigenvalue weighted by Crippen LogP contribution is 2.20. The summed E-state index contributed by atoms with van der Waals surface area (Å²) in [7, 11) is 0. The molecule has 3 rings (SSSR count). The van der Waals surface area contributed by atoms with Crippen molar-refractivity contribution in [2.75, 3.05) is 0 Å². The van der Waals surface area contributed by atoms with E-state index in [1.54, 1.807) is 0 Å². The Morgan fingerprint density at radius 2 is 2.00 bits per heavy atom. The number of nitrogens with zero attached hydrogens (tertiary/aromatic N) is 1. The van der Waals surface area contributed by atoms with Crippen LogP contribution in [0.4, 0.5) is 0 Å². The monoisotopic (exact) mass is 302 g/mol. The van der Waals surface area contributed by atoms with Crippen molar-refractivity contribution >= 4 is 26.8 Å². The summed E-state index contributed by atoms with van der Waals surface area (Å²) >= 11 is 3.38. The van der Waals surface area contributed by atoms with Gasteiger partial charge in [0, 0.05) is 4.47 Å². The van der Waals surface area contributed by atoms with Crippen LogP contribution in [0.25, 0.3) is 16.6 Å². The van der Waals surface area contributed by atoms with E-state index in [4.69, 9.17) is 0 Å². The second-order valence-electron chi connectivity index (χ2n) is 4.28. The van der Waals surface area contributed by atoms with E-state index in [1.807, 2.05) is 54.1 Å². The molecule has 0 amide bonds. The molecule has 0 radical (unpaired) electrons. The molecule has 0 aliphatic carbocycles. The molecule has 1 N–H and O–H groups in total. The first-order valence-electron chi connectivity index (χ1n) is 5.62. The van der Waals surface area contributed by atoms with Gasteiger partial charge in [-0.3, -0.25) is 14.6 Å². The number of fused-ring (bicyclic) bond motifs is 1. The lowest BCUT2D eigenvalue weighted by Crippen LogP contribution is -2.03. The van der Waals surface area contributed by atoms with Crippen LogP contribution in [-0.4, -0.2) is 9.78 Å². The summed E-state index contributed by atoms with van der Waals surface area (Å²) in [5, 5.41) is 3.55. The summed E-state index contributed by atoms with van der Waals surface area (Å²) in [5.74, 6) is 0. The fourth-order valence-electron chi connectivity index (χ4n) is 2.08. The molecule has 90 valence electrons. The number of aromatic amines is 1. The highest BCUT2D eigenvalue weighted by atomic mass is 79.9. The maximum absolute atomic E-state index is 11.9. The van der Waals surface area contributed by atoms with Crippen LogP contribution < -0.4 is 5.56 Å². The zero-order valence-electron chi connectivity index (χ0n) is 9.77. The molecule has 0 aliphatic rings. The molecule has 0 unspecified atom stereocenters. The quantitative estimate of drug-likeness (QED) is 0.735. The summed E-state index contributed by atoms with van der Waals surface area (Å²) < 4.78 is 2.72. The fourth-order valence-corrected chi connectivity index (χ4v) is 2.44. The molecule has 2 aromatic carbocycles. The Bertz CT molecular complexity index is 786. The Balaban J connectivity index is 2.34. The molecule has 3 aromatic rings. The molecule has 0 saturated heterocycles. The summed E-state index contributed by atoms with van der Waals surface area (Å²) in [6, 6.07) is 13.7. The van der Waals surface area contributed by atoms with Crippen molar-refractivity contribution in [2.45, 2.75) is 6.92 Å². The first-order valence-corrected chi connectivity index (χ1v) is 6.42. The van der Waals surface area contributed by atoms with Crippen LogP contribution in [0.2, 0.25) is 0 Å². The molecule has 18 heavy (non-hydrogen) atoms. The molecule has 1 heterocycles. The standard InChI is InChI=1S/C14H11BrN2O/c1-9-3-2-4-11(7-9)17-13-6-5-10(15)8-12(13)14(18)16-17/h2-8H,1H3,(H,16,18). The summed E-state index contributed by atoms with van der Waals surface area (Å²) in [4.78, 5) is 11.9. The largest absolute Gasteiger partial charge is 0.272 e. The molecule has 3 nitrogen and oxygen atoms in total. The maximum Gasteiger partial charge on any atom is 0.272 e. The number of aromatic nitrogens is 2. The second kappa shape index (κ2) is 4.14. The average Bonchev–Trinajstić information content (AvgIpc) is 2.67. The molecular weight excluding hydrogens is 292 g/mol. The van der Waals surface area contributed by atoms with Gasteiger partial charge in [-0.2, -0.15) is 0 Å². The maximum atomic E-state index is 11.9. The number of halogens is 1. The van der Waals surface area contributed by atoms with Gasteiger partial charge in [0.05, 0.1) is 16.6 Å². The number of benzene rings is 2. The number of nitrogens with one attached hydrogen (secondary N) is 1. The van der Waals surface area contributed by atoms with Crippen LogP contribution in [-0.2, 0) is 0 Å². The number of hydrogen-bond acceptors (Lipinski definition) is 1. The zero-order chi connectivity index (χ0) is 12.7. The minimum atomic E-state index is -0.0761. The Morgan fingerprint density at radius 3 is 2.78 bits per heavy atom. The van der Waals surface area contributed by atoms with Crippen molar-refractivity contribution in [3.63, 3.8) is 0 Å². The van der Waals surface area contributed by atoms with E-state index in [0.717, 1.165) is 21.2 Å². The van der Waals surface area contributed by atoms with Crippen LogP contribution in [0.15, 0.2) is 51.7 Å². The lowest BCUT2D eigenvalue weighted by atomic mass is 10.2. The third kappa shape index (κ3) is 1.78. The Kier molecular flexibility index (Phi) is 2.59.